The molecule has 2 aliphatic rings. The fourth-order valence-electron chi connectivity index (χ4n) is 4.42. The van der Waals surface area contributed by atoms with Crippen molar-refractivity contribution in [3.05, 3.63) is 30.3 Å². The second-order valence-corrected chi connectivity index (χ2v) is 8.68. The van der Waals surface area contributed by atoms with Crippen molar-refractivity contribution in [2.45, 2.75) is 38.5 Å². The number of benzene rings is 1. The van der Waals surface area contributed by atoms with Crippen molar-refractivity contribution in [1.82, 2.24) is 14.9 Å². The summed E-state index contributed by atoms with van der Waals surface area (Å²) in [6.45, 7) is 7.28. The van der Waals surface area contributed by atoms with Crippen LogP contribution in [0.2, 0.25) is 0 Å². The van der Waals surface area contributed by atoms with E-state index in [4.69, 9.17) is 10.5 Å². The molecule has 0 spiro atoms. The minimum Gasteiger partial charge on any atom is -0.397 e. The first kappa shape index (κ1) is 20.8. The summed E-state index contributed by atoms with van der Waals surface area (Å²) in [4.78, 5) is 15.4. The molecule has 0 radical (unpaired) electrons. The number of hydrogen-bond donors (Lipinski definition) is 1. The number of ether oxygens (including phenoxy) is 1. The van der Waals surface area contributed by atoms with Crippen molar-refractivity contribution in [3.63, 3.8) is 0 Å². The van der Waals surface area contributed by atoms with Crippen molar-refractivity contribution in [2.24, 2.45) is 0 Å². The molecule has 1 unspecified atom stereocenters. The van der Waals surface area contributed by atoms with E-state index in [1.54, 1.807) is 24.5 Å². The predicted molar refractivity (Wildman–Crippen MR) is 118 cm³/mol. The van der Waals surface area contributed by atoms with Gasteiger partial charge in [0.1, 0.15) is 5.82 Å². The van der Waals surface area contributed by atoms with E-state index in [-0.39, 0.29) is 18.0 Å². The highest BCUT2D eigenvalue weighted by Crippen LogP contribution is 2.34. The average molecular weight is 415 g/mol. The van der Waals surface area contributed by atoms with Crippen LogP contribution < -0.4 is 15.5 Å². The number of nitrogens with zero attached hydrogens (tertiary/aromatic N) is 5. The molecule has 30 heavy (non-hydrogen) atoms. The summed E-state index contributed by atoms with van der Waals surface area (Å²) in [6, 6.07) is 3.70. The van der Waals surface area contributed by atoms with Crippen LogP contribution in [0.3, 0.4) is 0 Å². The van der Waals surface area contributed by atoms with Gasteiger partial charge in [-0.3, -0.25) is 0 Å². The Morgan fingerprint density at radius 1 is 1.07 bits per heavy atom. The van der Waals surface area contributed by atoms with Gasteiger partial charge in [0.2, 0.25) is 5.95 Å². The molecule has 2 fully saturated rings. The van der Waals surface area contributed by atoms with Crippen LogP contribution in [-0.2, 0) is 4.74 Å². The highest BCUT2D eigenvalue weighted by molar-refractivity contribution is 5.77. The molecule has 0 bridgehead atoms. The second kappa shape index (κ2) is 8.35. The molecule has 2 saturated heterocycles. The van der Waals surface area contributed by atoms with Gasteiger partial charge in [0.25, 0.3) is 0 Å². The maximum absolute atomic E-state index is 15.0. The quantitative estimate of drug-likeness (QED) is 0.771. The fraction of sp³-hybridized carbons (Fsp3) is 0.545. The number of nitrogen functional groups attached to an aromatic ring is 1. The largest absolute Gasteiger partial charge is 0.397 e. The Morgan fingerprint density at radius 3 is 2.33 bits per heavy atom. The predicted octanol–water partition coefficient (Wildman–Crippen LogP) is 2.62. The first-order valence-electron chi connectivity index (χ1n) is 10.5. The van der Waals surface area contributed by atoms with Crippen LogP contribution >= 0.6 is 0 Å². The summed E-state index contributed by atoms with van der Waals surface area (Å²) >= 11 is 0. The molecule has 0 saturated carbocycles. The lowest BCUT2D eigenvalue weighted by atomic mass is 10.1. The molecule has 2 N–H and O–H groups in total. The number of nitrogens with two attached hydrogens (primary N) is 1. The third kappa shape index (κ3) is 4.20. The maximum Gasteiger partial charge on any atom is 0.225 e. The lowest BCUT2D eigenvalue weighted by Crippen LogP contribution is -2.46. The zero-order valence-electron chi connectivity index (χ0n) is 18.2. The van der Waals surface area contributed by atoms with Crippen molar-refractivity contribution < 1.29 is 9.13 Å². The van der Waals surface area contributed by atoms with E-state index in [0.29, 0.717) is 28.8 Å². The normalized spacial score (nSPS) is 24.7. The zero-order chi connectivity index (χ0) is 21.4. The van der Waals surface area contributed by atoms with E-state index < -0.39 is 0 Å². The highest BCUT2D eigenvalue weighted by atomic mass is 19.1. The molecule has 1 aromatic carbocycles. The van der Waals surface area contributed by atoms with E-state index in [0.717, 1.165) is 38.3 Å². The van der Waals surface area contributed by atoms with E-state index >= 15 is 4.39 Å². The molecule has 8 heteroatoms. The first-order chi connectivity index (χ1) is 14.3. The van der Waals surface area contributed by atoms with Crippen molar-refractivity contribution in [1.29, 1.82) is 0 Å². The number of aromatic nitrogens is 2. The summed E-state index contributed by atoms with van der Waals surface area (Å²) in [7, 11) is 4.15. The molecule has 2 aromatic rings. The van der Waals surface area contributed by atoms with E-state index in [2.05, 4.69) is 38.8 Å². The van der Waals surface area contributed by atoms with Crippen LogP contribution in [0.4, 0.5) is 21.7 Å². The lowest BCUT2D eigenvalue weighted by Gasteiger charge is -2.35. The van der Waals surface area contributed by atoms with Crippen LogP contribution in [0.25, 0.3) is 11.1 Å². The summed E-state index contributed by atoms with van der Waals surface area (Å²) in [5.74, 6) is 0.329. The SMILES string of the molecule is C[C@@H]1CN(c2ncc(-c3cc(N)c(N4CCC(N(C)C)C4)cc3F)cn2)C[C@H](C)O1. The summed E-state index contributed by atoms with van der Waals surface area (Å²) < 4.78 is 20.8. The van der Waals surface area contributed by atoms with Gasteiger partial charge in [-0.15, -0.1) is 0 Å². The standard InChI is InChI=1S/C22H31FN6O/c1-14-11-29(12-15(2)30-14)22-25-9-16(10-26-22)18-7-20(24)21(8-19(18)23)28-6-5-17(13-28)27(3)4/h7-10,14-15,17H,5-6,11-13,24H2,1-4H3/t14-,15+,17?. The monoisotopic (exact) mass is 414 g/mol. The topological polar surface area (TPSA) is 70.8 Å². The molecule has 0 amide bonds. The Hall–Kier alpha value is -2.45. The molecule has 3 atom stereocenters. The Labute approximate surface area is 177 Å². The zero-order valence-corrected chi connectivity index (χ0v) is 18.2. The van der Waals surface area contributed by atoms with Gasteiger partial charge in [0.05, 0.1) is 23.6 Å². The number of rotatable bonds is 4. The third-order valence-corrected chi connectivity index (χ3v) is 6.00. The number of morpholine rings is 1. The fourth-order valence-corrected chi connectivity index (χ4v) is 4.42. The minimum atomic E-state index is -0.308. The smallest absolute Gasteiger partial charge is 0.225 e. The van der Waals surface area contributed by atoms with Gasteiger partial charge in [-0.2, -0.15) is 0 Å². The molecular weight excluding hydrogens is 383 g/mol. The minimum absolute atomic E-state index is 0.125. The second-order valence-electron chi connectivity index (χ2n) is 8.68. The van der Waals surface area contributed by atoms with Gasteiger partial charge in [-0.05, 0) is 46.5 Å². The molecule has 4 rings (SSSR count). The molecular formula is C22H31FN6O. The summed E-state index contributed by atoms with van der Waals surface area (Å²) in [5, 5.41) is 0. The van der Waals surface area contributed by atoms with Crippen molar-refractivity contribution >= 4 is 17.3 Å². The molecule has 2 aliphatic heterocycles. The van der Waals surface area contributed by atoms with E-state index in [1.807, 2.05) is 13.8 Å². The number of halogens is 1. The Kier molecular flexibility index (Phi) is 5.79. The Morgan fingerprint density at radius 2 is 1.73 bits per heavy atom. The first-order valence-corrected chi connectivity index (χ1v) is 10.5. The van der Waals surface area contributed by atoms with Crippen LogP contribution in [-0.4, -0.2) is 73.4 Å². The summed E-state index contributed by atoms with van der Waals surface area (Å²) in [5.41, 5.74) is 8.70. The van der Waals surface area contributed by atoms with Gasteiger partial charge in [-0.1, -0.05) is 0 Å². The summed E-state index contributed by atoms with van der Waals surface area (Å²) in [6.07, 6.45) is 4.63. The van der Waals surface area contributed by atoms with Gasteiger partial charge < -0.3 is 25.2 Å². The highest BCUT2D eigenvalue weighted by Gasteiger charge is 2.27. The van der Waals surface area contributed by atoms with Gasteiger partial charge in [0.15, 0.2) is 0 Å². The maximum atomic E-state index is 15.0. The Bertz CT molecular complexity index is 880. The van der Waals surface area contributed by atoms with Gasteiger partial charge in [0, 0.05) is 55.7 Å². The molecule has 1 aromatic heterocycles. The molecule has 162 valence electrons. The van der Waals surface area contributed by atoms with Crippen molar-refractivity contribution in [2.75, 3.05) is 55.8 Å². The lowest BCUT2D eigenvalue weighted by molar-refractivity contribution is -0.00571. The average Bonchev–Trinajstić information content (AvgIpc) is 3.19. The number of hydrogen-bond acceptors (Lipinski definition) is 7. The van der Waals surface area contributed by atoms with Crippen LogP contribution in [0.1, 0.15) is 20.3 Å². The number of likely N-dealkylation sites (N-methyl/N-ethyl adjacent to an activating group) is 1. The Balaban J connectivity index is 1.54. The molecule has 7 nitrogen and oxygen atoms in total. The van der Waals surface area contributed by atoms with Crippen molar-refractivity contribution in [3.8, 4) is 11.1 Å². The van der Waals surface area contributed by atoms with E-state index in [1.165, 1.54) is 0 Å². The van der Waals surface area contributed by atoms with Gasteiger partial charge in [-0.25, -0.2) is 14.4 Å². The van der Waals surface area contributed by atoms with Crippen LogP contribution in [0.5, 0.6) is 0 Å². The number of anilines is 3. The van der Waals surface area contributed by atoms with Crippen LogP contribution in [0.15, 0.2) is 24.5 Å². The van der Waals surface area contributed by atoms with Crippen LogP contribution in [0, 0.1) is 5.82 Å². The molecule has 3 heterocycles. The van der Waals surface area contributed by atoms with Gasteiger partial charge >= 0.3 is 0 Å². The third-order valence-electron chi connectivity index (χ3n) is 6.00. The molecule has 0 aliphatic carbocycles. The van der Waals surface area contributed by atoms with E-state index in [9.17, 15) is 0 Å².